The molecule has 0 aliphatic carbocycles. The van der Waals surface area contributed by atoms with Crippen LogP contribution in [0.2, 0.25) is 0 Å². The van der Waals surface area contributed by atoms with Gasteiger partial charge in [0.25, 0.3) is 0 Å². The molecular weight excluding hydrogens is 332 g/mol. The molecule has 3 heterocycles. The molecule has 3 aromatic rings. The average Bonchev–Trinajstić information content (AvgIpc) is 3.13. The molecular formula is C18H20N6S. The Morgan fingerprint density at radius 1 is 1.32 bits per heavy atom. The lowest BCUT2D eigenvalue weighted by molar-refractivity contribution is 0.403. The van der Waals surface area contributed by atoms with Crippen LogP contribution in [0.4, 0.5) is 5.82 Å². The van der Waals surface area contributed by atoms with Crippen molar-refractivity contribution in [1.29, 1.82) is 5.26 Å². The molecule has 6 nitrogen and oxygen atoms in total. The fourth-order valence-corrected chi connectivity index (χ4v) is 3.78. The van der Waals surface area contributed by atoms with Gasteiger partial charge in [0.15, 0.2) is 0 Å². The Balaban J connectivity index is 2.14. The summed E-state index contributed by atoms with van der Waals surface area (Å²) >= 11 is 1.63. The van der Waals surface area contributed by atoms with Crippen molar-refractivity contribution >= 4 is 17.2 Å². The third kappa shape index (κ3) is 3.27. The monoisotopic (exact) mass is 352 g/mol. The van der Waals surface area contributed by atoms with Gasteiger partial charge in [0.1, 0.15) is 17.5 Å². The second-order valence-electron chi connectivity index (χ2n) is 6.29. The number of hydrogen-bond donors (Lipinski definition) is 2. The first-order valence-electron chi connectivity index (χ1n) is 7.85. The van der Waals surface area contributed by atoms with E-state index in [1.807, 2.05) is 34.0 Å². The zero-order chi connectivity index (χ0) is 18.1. The molecule has 7 heteroatoms. The van der Waals surface area contributed by atoms with Crippen LogP contribution in [0.1, 0.15) is 22.5 Å². The molecule has 0 saturated carbocycles. The number of aryl methyl sites for hydroxylation is 2. The van der Waals surface area contributed by atoms with E-state index in [1.54, 1.807) is 11.3 Å². The van der Waals surface area contributed by atoms with E-state index in [0.717, 1.165) is 39.6 Å². The highest BCUT2D eigenvalue weighted by molar-refractivity contribution is 7.13. The molecule has 0 aromatic carbocycles. The van der Waals surface area contributed by atoms with Gasteiger partial charge in [0.05, 0.1) is 16.3 Å². The van der Waals surface area contributed by atoms with E-state index in [9.17, 15) is 5.26 Å². The number of aromatic amines is 1. The van der Waals surface area contributed by atoms with Gasteiger partial charge in [-0.25, -0.2) is 4.98 Å². The highest BCUT2D eigenvalue weighted by Gasteiger charge is 2.19. The standard InChI is InChI=1S/C18H20N6S/c1-10-17(11(2)23-22-10)13-6-15(21-18(20)14(13)7-19)16-5-12(9-25-16)8-24(3)4/h5-6,9H,8H2,1-4H3,(H2,20,21)(H,22,23). The van der Waals surface area contributed by atoms with Crippen LogP contribution in [-0.2, 0) is 6.54 Å². The van der Waals surface area contributed by atoms with Gasteiger partial charge in [-0.15, -0.1) is 11.3 Å². The summed E-state index contributed by atoms with van der Waals surface area (Å²) in [5.41, 5.74) is 11.9. The normalized spacial score (nSPS) is 11.0. The van der Waals surface area contributed by atoms with Crippen LogP contribution < -0.4 is 5.73 Å². The summed E-state index contributed by atoms with van der Waals surface area (Å²) in [4.78, 5) is 7.61. The summed E-state index contributed by atoms with van der Waals surface area (Å²) in [7, 11) is 4.08. The van der Waals surface area contributed by atoms with Crippen molar-refractivity contribution in [2.24, 2.45) is 0 Å². The first-order valence-corrected chi connectivity index (χ1v) is 8.73. The van der Waals surface area contributed by atoms with Crippen LogP contribution in [0.15, 0.2) is 17.5 Å². The first-order chi connectivity index (χ1) is 11.9. The van der Waals surface area contributed by atoms with E-state index in [0.29, 0.717) is 5.56 Å². The molecule has 3 rings (SSSR count). The number of anilines is 1. The predicted octanol–water partition coefficient (Wildman–Crippen LogP) is 3.33. The predicted molar refractivity (Wildman–Crippen MR) is 101 cm³/mol. The molecule has 0 bridgehead atoms. The maximum absolute atomic E-state index is 9.54. The quantitative estimate of drug-likeness (QED) is 0.751. The van der Waals surface area contributed by atoms with Crippen LogP contribution in [0.3, 0.4) is 0 Å². The summed E-state index contributed by atoms with van der Waals surface area (Å²) in [6, 6.07) is 6.24. The van der Waals surface area contributed by atoms with Gasteiger partial charge < -0.3 is 10.6 Å². The first kappa shape index (κ1) is 17.1. The van der Waals surface area contributed by atoms with Gasteiger partial charge in [0.2, 0.25) is 0 Å². The molecule has 0 unspecified atom stereocenters. The number of nitrogen functional groups attached to an aromatic ring is 1. The number of nitrogens with zero attached hydrogens (tertiary/aromatic N) is 4. The SMILES string of the molecule is Cc1n[nH]c(C)c1-c1cc(-c2cc(CN(C)C)cs2)nc(N)c1C#N. The van der Waals surface area contributed by atoms with Crippen molar-refractivity contribution < 1.29 is 0 Å². The second-order valence-corrected chi connectivity index (χ2v) is 7.20. The van der Waals surface area contributed by atoms with Gasteiger partial charge in [0, 0.05) is 23.4 Å². The van der Waals surface area contributed by atoms with E-state index < -0.39 is 0 Å². The number of nitriles is 1. The molecule has 0 radical (unpaired) electrons. The van der Waals surface area contributed by atoms with Crippen molar-refractivity contribution in [2.75, 3.05) is 19.8 Å². The van der Waals surface area contributed by atoms with Crippen LogP contribution in [0.25, 0.3) is 21.7 Å². The number of H-pyrrole nitrogens is 1. The van der Waals surface area contributed by atoms with Gasteiger partial charge in [-0.2, -0.15) is 10.4 Å². The lowest BCUT2D eigenvalue weighted by atomic mass is 9.98. The maximum atomic E-state index is 9.54. The largest absolute Gasteiger partial charge is 0.383 e. The highest BCUT2D eigenvalue weighted by Crippen LogP contribution is 2.35. The van der Waals surface area contributed by atoms with Crippen molar-refractivity contribution in [3.8, 4) is 27.8 Å². The molecule has 0 spiro atoms. The van der Waals surface area contributed by atoms with Crippen LogP contribution in [0.5, 0.6) is 0 Å². The number of hydrogen-bond acceptors (Lipinski definition) is 6. The summed E-state index contributed by atoms with van der Waals surface area (Å²) in [5, 5.41) is 18.9. The fraction of sp³-hybridized carbons (Fsp3) is 0.278. The van der Waals surface area contributed by atoms with Crippen molar-refractivity contribution in [2.45, 2.75) is 20.4 Å². The van der Waals surface area contributed by atoms with Gasteiger partial charge in [-0.1, -0.05) is 0 Å². The van der Waals surface area contributed by atoms with Gasteiger partial charge >= 0.3 is 0 Å². The molecule has 0 atom stereocenters. The summed E-state index contributed by atoms with van der Waals surface area (Å²) in [6.07, 6.45) is 0. The maximum Gasteiger partial charge on any atom is 0.142 e. The van der Waals surface area contributed by atoms with Crippen LogP contribution in [0, 0.1) is 25.2 Å². The molecule has 0 aliphatic rings. The summed E-state index contributed by atoms with van der Waals surface area (Å²) < 4.78 is 0. The van der Waals surface area contributed by atoms with E-state index in [1.165, 1.54) is 5.56 Å². The Labute approximate surface area is 150 Å². The smallest absolute Gasteiger partial charge is 0.142 e. The highest BCUT2D eigenvalue weighted by atomic mass is 32.1. The molecule has 0 aliphatic heterocycles. The number of pyridine rings is 1. The van der Waals surface area contributed by atoms with E-state index in [-0.39, 0.29) is 5.82 Å². The van der Waals surface area contributed by atoms with Crippen molar-refractivity contribution in [3.05, 3.63) is 40.0 Å². The van der Waals surface area contributed by atoms with E-state index >= 15 is 0 Å². The minimum Gasteiger partial charge on any atom is -0.383 e. The van der Waals surface area contributed by atoms with Gasteiger partial charge in [-0.05, 0) is 51.0 Å². The third-order valence-corrected chi connectivity index (χ3v) is 4.96. The molecule has 0 fully saturated rings. The zero-order valence-corrected chi connectivity index (χ0v) is 15.5. The third-order valence-electron chi connectivity index (χ3n) is 3.96. The number of rotatable bonds is 4. The molecule has 3 aromatic heterocycles. The number of aromatic nitrogens is 3. The van der Waals surface area contributed by atoms with Gasteiger partial charge in [-0.3, -0.25) is 5.10 Å². The van der Waals surface area contributed by atoms with Crippen molar-refractivity contribution in [3.63, 3.8) is 0 Å². The second kappa shape index (κ2) is 6.67. The lowest BCUT2D eigenvalue weighted by Gasteiger charge is -2.09. The lowest BCUT2D eigenvalue weighted by Crippen LogP contribution is -2.09. The Kier molecular flexibility index (Phi) is 4.57. The molecule has 0 amide bonds. The Hall–Kier alpha value is -2.69. The minimum absolute atomic E-state index is 0.248. The topological polar surface area (TPSA) is 94.6 Å². The van der Waals surface area contributed by atoms with E-state index in [2.05, 4.69) is 37.6 Å². The van der Waals surface area contributed by atoms with Crippen LogP contribution in [-0.4, -0.2) is 34.2 Å². The van der Waals surface area contributed by atoms with E-state index in [4.69, 9.17) is 5.73 Å². The number of thiophene rings is 1. The average molecular weight is 352 g/mol. The molecule has 128 valence electrons. The molecule has 3 N–H and O–H groups in total. The Bertz CT molecular complexity index is 941. The minimum atomic E-state index is 0.248. The summed E-state index contributed by atoms with van der Waals surface area (Å²) in [6.45, 7) is 4.72. The Morgan fingerprint density at radius 3 is 2.68 bits per heavy atom. The summed E-state index contributed by atoms with van der Waals surface area (Å²) in [5.74, 6) is 0.248. The fourth-order valence-electron chi connectivity index (χ4n) is 2.91. The molecule has 25 heavy (non-hydrogen) atoms. The molecule has 0 saturated heterocycles. The number of nitrogens with two attached hydrogens (primary N) is 1. The Morgan fingerprint density at radius 2 is 2.08 bits per heavy atom. The zero-order valence-electron chi connectivity index (χ0n) is 14.7. The number of nitrogens with one attached hydrogen (secondary N) is 1. The van der Waals surface area contributed by atoms with Crippen LogP contribution >= 0.6 is 11.3 Å². The van der Waals surface area contributed by atoms with Crippen molar-refractivity contribution in [1.82, 2.24) is 20.1 Å².